The second kappa shape index (κ2) is 5.14. The number of benzene rings is 1. The van der Waals surface area contributed by atoms with Gasteiger partial charge in [0.2, 0.25) is 0 Å². The number of aryl methyl sites for hydroxylation is 1. The molecule has 94 valence electrons. The van der Waals surface area contributed by atoms with E-state index in [0.29, 0.717) is 22.8 Å². The van der Waals surface area contributed by atoms with Gasteiger partial charge >= 0.3 is 0 Å². The van der Waals surface area contributed by atoms with Crippen LogP contribution in [0.25, 0.3) is 0 Å². The molecule has 0 spiro atoms. The molecule has 0 atom stereocenters. The van der Waals surface area contributed by atoms with Gasteiger partial charge in [-0.3, -0.25) is 4.79 Å². The normalized spacial score (nSPS) is 10.3. The molecule has 1 heterocycles. The van der Waals surface area contributed by atoms with Gasteiger partial charge in [-0.25, -0.2) is 0 Å². The number of hydrogen-bond donors (Lipinski definition) is 2. The Morgan fingerprint density at radius 2 is 2.22 bits per heavy atom. The minimum absolute atomic E-state index is 0.201. The van der Waals surface area contributed by atoms with E-state index < -0.39 is 0 Å². The third-order valence-corrected chi connectivity index (χ3v) is 2.84. The summed E-state index contributed by atoms with van der Waals surface area (Å²) in [6.07, 6.45) is 3.88. The largest absolute Gasteiger partial charge is 0.398 e. The maximum Gasteiger partial charge on any atom is 0.253 e. The Hall–Kier alpha value is -1.94. The van der Waals surface area contributed by atoms with E-state index in [1.807, 2.05) is 30.1 Å². The summed E-state index contributed by atoms with van der Waals surface area (Å²) < 4.78 is 1.93. The van der Waals surface area contributed by atoms with Crippen molar-refractivity contribution < 1.29 is 4.79 Å². The lowest BCUT2D eigenvalue weighted by molar-refractivity contribution is 0.0952. The molecule has 4 nitrogen and oxygen atoms in total. The number of halogens is 1. The molecule has 2 aromatic rings. The predicted octanol–water partition coefficient (Wildman–Crippen LogP) is 2.19. The van der Waals surface area contributed by atoms with E-state index in [0.717, 1.165) is 5.56 Å². The van der Waals surface area contributed by atoms with Gasteiger partial charge in [-0.2, -0.15) is 0 Å². The molecule has 1 aromatic carbocycles. The average molecular weight is 264 g/mol. The molecule has 0 aliphatic rings. The van der Waals surface area contributed by atoms with Gasteiger partial charge in [0.25, 0.3) is 5.91 Å². The van der Waals surface area contributed by atoms with Crippen LogP contribution >= 0.6 is 11.6 Å². The van der Waals surface area contributed by atoms with Crippen molar-refractivity contribution in [2.45, 2.75) is 6.54 Å². The molecule has 0 unspecified atom stereocenters. The third-order valence-electron chi connectivity index (χ3n) is 2.60. The lowest BCUT2D eigenvalue weighted by Gasteiger charge is -2.07. The molecule has 0 aliphatic carbocycles. The van der Waals surface area contributed by atoms with Gasteiger partial charge in [0.1, 0.15) is 0 Å². The van der Waals surface area contributed by atoms with E-state index in [1.54, 1.807) is 18.2 Å². The zero-order valence-corrected chi connectivity index (χ0v) is 10.7. The minimum atomic E-state index is -0.201. The van der Waals surface area contributed by atoms with Gasteiger partial charge < -0.3 is 15.6 Å². The number of hydrogen-bond acceptors (Lipinski definition) is 2. The standard InChI is InChI=1S/C13H14ClN3O/c1-17-5-4-9(8-17)7-16-13(18)11-3-2-10(14)6-12(11)15/h2-6,8H,7,15H2,1H3,(H,16,18). The van der Waals surface area contributed by atoms with E-state index in [1.165, 1.54) is 0 Å². The number of nitrogens with zero attached hydrogens (tertiary/aromatic N) is 1. The monoisotopic (exact) mass is 263 g/mol. The Kier molecular flexibility index (Phi) is 3.58. The molecular formula is C13H14ClN3O. The van der Waals surface area contributed by atoms with Crippen LogP contribution in [0.3, 0.4) is 0 Å². The summed E-state index contributed by atoms with van der Waals surface area (Å²) in [6, 6.07) is 6.79. The first-order valence-corrected chi connectivity index (χ1v) is 5.88. The van der Waals surface area contributed by atoms with Crippen molar-refractivity contribution in [1.82, 2.24) is 9.88 Å². The van der Waals surface area contributed by atoms with Crippen molar-refractivity contribution >= 4 is 23.2 Å². The number of anilines is 1. The Labute approximate surface area is 110 Å². The highest BCUT2D eigenvalue weighted by Gasteiger charge is 2.09. The molecule has 0 radical (unpaired) electrons. The number of nitrogen functional groups attached to an aromatic ring is 1. The summed E-state index contributed by atoms with van der Waals surface area (Å²) in [5, 5.41) is 3.33. The summed E-state index contributed by atoms with van der Waals surface area (Å²) >= 11 is 5.78. The number of carbonyl (C=O) groups is 1. The highest BCUT2D eigenvalue weighted by atomic mass is 35.5. The number of nitrogens with two attached hydrogens (primary N) is 1. The maximum absolute atomic E-state index is 11.9. The van der Waals surface area contributed by atoms with E-state index in [-0.39, 0.29) is 5.91 Å². The van der Waals surface area contributed by atoms with Crippen LogP contribution in [0, 0.1) is 0 Å². The fourth-order valence-electron chi connectivity index (χ4n) is 1.68. The van der Waals surface area contributed by atoms with E-state index in [2.05, 4.69) is 5.32 Å². The van der Waals surface area contributed by atoms with Crippen molar-refractivity contribution in [3.05, 3.63) is 52.8 Å². The first-order chi connectivity index (χ1) is 8.56. The van der Waals surface area contributed by atoms with Crippen molar-refractivity contribution in [3.8, 4) is 0 Å². The quantitative estimate of drug-likeness (QED) is 0.834. The van der Waals surface area contributed by atoms with Crippen molar-refractivity contribution in [3.63, 3.8) is 0 Å². The first kappa shape index (κ1) is 12.5. The van der Waals surface area contributed by atoms with Crippen molar-refractivity contribution in [1.29, 1.82) is 0 Å². The molecular weight excluding hydrogens is 250 g/mol. The minimum Gasteiger partial charge on any atom is -0.398 e. The number of carbonyl (C=O) groups excluding carboxylic acids is 1. The summed E-state index contributed by atoms with van der Waals surface area (Å²) in [4.78, 5) is 11.9. The molecule has 0 saturated heterocycles. The van der Waals surface area contributed by atoms with Crippen LogP contribution in [-0.2, 0) is 13.6 Å². The highest BCUT2D eigenvalue weighted by molar-refractivity contribution is 6.31. The van der Waals surface area contributed by atoms with E-state index >= 15 is 0 Å². The molecule has 0 fully saturated rings. The summed E-state index contributed by atoms with van der Waals surface area (Å²) in [5.74, 6) is -0.201. The zero-order valence-electron chi connectivity index (χ0n) is 9.98. The molecule has 1 amide bonds. The lowest BCUT2D eigenvalue weighted by atomic mass is 10.1. The topological polar surface area (TPSA) is 60.0 Å². The molecule has 1 aromatic heterocycles. The van der Waals surface area contributed by atoms with Crippen LogP contribution < -0.4 is 11.1 Å². The van der Waals surface area contributed by atoms with Crippen molar-refractivity contribution in [2.75, 3.05) is 5.73 Å². The number of rotatable bonds is 3. The second-order valence-electron chi connectivity index (χ2n) is 4.10. The van der Waals surface area contributed by atoms with Gasteiger partial charge in [-0.05, 0) is 29.8 Å². The van der Waals surface area contributed by atoms with Gasteiger partial charge in [0, 0.05) is 36.7 Å². The van der Waals surface area contributed by atoms with Crippen LogP contribution in [0.15, 0.2) is 36.7 Å². The SMILES string of the molecule is Cn1ccc(CNC(=O)c2ccc(Cl)cc2N)c1. The van der Waals surface area contributed by atoms with Crippen LogP contribution in [0.4, 0.5) is 5.69 Å². The molecule has 18 heavy (non-hydrogen) atoms. The Morgan fingerprint density at radius 3 is 2.83 bits per heavy atom. The maximum atomic E-state index is 11.9. The molecule has 0 saturated carbocycles. The number of aromatic nitrogens is 1. The van der Waals surface area contributed by atoms with Crippen LogP contribution in [0.1, 0.15) is 15.9 Å². The predicted molar refractivity (Wildman–Crippen MR) is 72.4 cm³/mol. The average Bonchev–Trinajstić information content (AvgIpc) is 2.72. The molecule has 0 bridgehead atoms. The zero-order chi connectivity index (χ0) is 13.1. The van der Waals surface area contributed by atoms with Crippen LogP contribution in [-0.4, -0.2) is 10.5 Å². The fourth-order valence-corrected chi connectivity index (χ4v) is 1.86. The van der Waals surface area contributed by atoms with Gasteiger partial charge in [0.05, 0.1) is 5.56 Å². The molecule has 2 rings (SSSR count). The summed E-state index contributed by atoms with van der Waals surface area (Å²) in [5.41, 5.74) is 7.61. The Morgan fingerprint density at radius 1 is 1.44 bits per heavy atom. The molecule has 3 N–H and O–H groups in total. The van der Waals surface area contributed by atoms with E-state index in [9.17, 15) is 4.79 Å². The Balaban J connectivity index is 2.03. The Bertz CT molecular complexity index is 577. The summed E-state index contributed by atoms with van der Waals surface area (Å²) in [6.45, 7) is 0.474. The summed E-state index contributed by atoms with van der Waals surface area (Å²) in [7, 11) is 1.93. The van der Waals surface area contributed by atoms with Gasteiger partial charge in [-0.1, -0.05) is 11.6 Å². The first-order valence-electron chi connectivity index (χ1n) is 5.50. The van der Waals surface area contributed by atoms with Crippen molar-refractivity contribution in [2.24, 2.45) is 7.05 Å². The highest BCUT2D eigenvalue weighted by Crippen LogP contribution is 2.17. The second-order valence-corrected chi connectivity index (χ2v) is 4.54. The number of nitrogens with one attached hydrogen (secondary N) is 1. The van der Waals surface area contributed by atoms with Gasteiger partial charge in [0.15, 0.2) is 0 Å². The van der Waals surface area contributed by atoms with Crippen LogP contribution in [0.5, 0.6) is 0 Å². The molecule has 0 aliphatic heterocycles. The van der Waals surface area contributed by atoms with Crippen LogP contribution in [0.2, 0.25) is 5.02 Å². The molecule has 5 heteroatoms. The fraction of sp³-hybridized carbons (Fsp3) is 0.154. The number of amides is 1. The van der Waals surface area contributed by atoms with Gasteiger partial charge in [-0.15, -0.1) is 0 Å². The third kappa shape index (κ3) is 2.84. The van der Waals surface area contributed by atoms with E-state index in [4.69, 9.17) is 17.3 Å². The smallest absolute Gasteiger partial charge is 0.253 e. The lowest BCUT2D eigenvalue weighted by Crippen LogP contribution is -2.23.